The zero-order chi connectivity index (χ0) is 9.24. The molecule has 0 aromatic rings. The maximum atomic E-state index is 11.6. The average Bonchev–Trinajstić information content (AvgIpc) is 1.83. The van der Waals surface area contributed by atoms with Gasteiger partial charge in [-0.25, -0.2) is 0 Å². The van der Waals surface area contributed by atoms with Crippen LogP contribution in [0, 0.1) is 0 Å². The Morgan fingerprint density at radius 2 is 2.00 bits per heavy atom. The van der Waals surface area contributed by atoms with Crippen molar-refractivity contribution in [2.24, 2.45) is 0 Å². The van der Waals surface area contributed by atoms with E-state index < -0.39 is 12.1 Å². The largest absolute Gasteiger partial charge is 0.525 e. The first kappa shape index (κ1) is 9.28. The molecule has 0 spiro atoms. The highest BCUT2D eigenvalue weighted by molar-refractivity contribution is 5.14. The Hall–Kier alpha value is -0.810. The highest BCUT2D eigenvalue weighted by Gasteiger charge is 2.40. The molecule has 0 aromatic heterocycles. The van der Waals surface area contributed by atoms with Gasteiger partial charge in [0.2, 0.25) is 0 Å². The smallest absolute Gasteiger partial charge is 0.362 e. The van der Waals surface area contributed by atoms with Gasteiger partial charge in [0.05, 0.1) is 0 Å². The molecule has 0 saturated carbocycles. The van der Waals surface area contributed by atoms with Crippen LogP contribution < -0.4 is 0 Å². The SMILES string of the molecule is OC1(OC(F)(F)F)C=CC=CC1. The van der Waals surface area contributed by atoms with E-state index in [2.05, 4.69) is 4.74 Å². The fraction of sp³-hybridized carbons (Fsp3) is 0.429. The molecule has 0 bridgehead atoms. The number of alkyl halides is 3. The van der Waals surface area contributed by atoms with Gasteiger partial charge >= 0.3 is 6.36 Å². The minimum atomic E-state index is -4.82. The molecule has 1 rings (SSSR count). The van der Waals surface area contributed by atoms with Crippen LogP contribution in [0.25, 0.3) is 0 Å². The predicted octanol–water partition coefficient (Wildman–Crippen LogP) is 1.73. The Kier molecular flexibility index (Phi) is 2.25. The molecule has 0 aliphatic heterocycles. The van der Waals surface area contributed by atoms with E-state index in [-0.39, 0.29) is 6.42 Å². The maximum absolute atomic E-state index is 11.6. The van der Waals surface area contributed by atoms with Gasteiger partial charge < -0.3 is 5.11 Å². The van der Waals surface area contributed by atoms with E-state index in [4.69, 9.17) is 5.11 Å². The summed E-state index contributed by atoms with van der Waals surface area (Å²) < 4.78 is 38.4. The third-order valence-electron chi connectivity index (χ3n) is 1.31. The molecule has 0 saturated heterocycles. The zero-order valence-corrected chi connectivity index (χ0v) is 6.01. The summed E-state index contributed by atoms with van der Waals surface area (Å²) in [5.41, 5.74) is 0. The van der Waals surface area contributed by atoms with Gasteiger partial charge in [-0.05, 0) is 6.08 Å². The van der Waals surface area contributed by atoms with E-state index in [1.54, 1.807) is 0 Å². The summed E-state index contributed by atoms with van der Waals surface area (Å²) in [7, 11) is 0. The predicted molar refractivity (Wildman–Crippen MR) is 35.0 cm³/mol. The van der Waals surface area contributed by atoms with Crippen LogP contribution in [0.5, 0.6) is 0 Å². The second kappa shape index (κ2) is 2.91. The fourth-order valence-corrected chi connectivity index (χ4v) is 0.866. The molecule has 0 amide bonds. The number of hydrogen-bond donors (Lipinski definition) is 1. The van der Waals surface area contributed by atoms with Crippen molar-refractivity contribution in [3.8, 4) is 0 Å². The molecule has 12 heavy (non-hydrogen) atoms. The number of halogens is 3. The van der Waals surface area contributed by atoms with Gasteiger partial charge in [-0.3, -0.25) is 4.74 Å². The average molecular weight is 180 g/mol. The van der Waals surface area contributed by atoms with Crippen molar-refractivity contribution in [1.82, 2.24) is 0 Å². The van der Waals surface area contributed by atoms with Gasteiger partial charge in [0.1, 0.15) is 0 Å². The van der Waals surface area contributed by atoms with Crippen molar-refractivity contribution in [2.45, 2.75) is 18.6 Å². The molecule has 0 radical (unpaired) electrons. The van der Waals surface area contributed by atoms with E-state index in [1.165, 1.54) is 18.2 Å². The number of aliphatic hydroxyl groups is 1. The van der Waals surface area contributed by atoms with Crippen LogP contribution in [0.15, 0.2) is 24.3 Å². The highest BCUT2D eigenvalue weighted by atomic mass is 19.4. The van der Waals surface area contributed by atoms with Crippen LogP contribution in [0.3, 0.4) is 0 Å². The summed E-state index contributed by atoms with van der Waals surface area (Å²) in [6.07, 6.45) is 0.183. The topological polar surface area (TPSA) is 29.5 Å². The van der Waals surface area contributed by atoms with Crippen LogP contribution >= 0.6 is 0 Å². The van der Waals surface area contributed by atoms with Gasteiger partial charge in [0.25, 0.3) is 0 Å². The number of allylic oxidation sites excluding steroid dienone is 2. The molecule has 68 valence electrons. The summed E-state index contributed by atoms with van der Waals surface area (Å²) in [6, 6.07) is 0. The van der Waals surface area contributed by atoms with Crippen LogP contribution in [-0.4, -0.2) is 17.3 Å². The van der Waals surface area contributed by atoms with Crippen molar-refractivity contribution < 1.29 is 23.0 Å². The Morgan fingerprint density at radius 1 is 1.33 bits per heavy atom. The molecule has 5 heteroatoms. The lowest BCUT2D eigenvalue weighted by molar-refractivity contribution is -0.395. The zero-order valence-electron chi connectivity index (χ0n) is 6.01. The maximum Gasteiger partial charge on any atom is 0.525 e. The molecule has 0 fully saturated rings. The Labute approximate surface area is 66.9 Å². The first-order chi connectivity index (χ1) is 5.41. The minimum Gasteiger partial charge on any atom is -0.362 e. The van der Waals surface area contributed by atoms with Crippen molar-refractivity contribution in [3.05, 3.63) is 24.3 Å². The first-order valence-corrected chi connectivity index (χ1v) is 3.25. The van der Waals surface area contributed by atoms with Gasteiger partial charge in [-0.2, -0.15) is 0 Å². The molecule has 1 atom stereocenters. The van der Waals surface area contributed by atoms with E-state index in [0.717, 1.165) is 6.08 Å². The van der Waals surface area contributed by atoms with Gasteiger partial charge in [0.15, 0.2) is 5.79 Å². The number of ether oxygens (including phenoxy) is 1. The van der Waals surface area contributed by atoms with Crippen LogP contribution in [0.1, 0.15) is 6.42 Å². The number of hydrogen-bond acceptors (Lipinski definition) is 2. The van der Waals surface area contributed by atoms with Crippen molar-refractivity contribution in [1.29, 1.82) is 0 Å². The van der Waals surface area contributed by atoms with E-state index in [1.807, 2.05) is 0 Å². The van der Waals surface area contributed by atoms with E-state index in [9.17, 15) is 13.2 Å². The van der Waals surface area contributed by atoms with Crippen LogP contribution in [-0.2, 0) is 4.74 Å². The normalized spacial score (nSPS) is 29.3. The molecule has 1 aliphatic carbocycles. The van der Waals surface area contributed by atoms with Crippen molar-refractivity contribution in [2.75, 3.05) is 0 Å². The van der Waals surface area contributed by atoms with Crippen LogP contribution in [0.4, 0.5) is 13.2 Å². The van der Waals surface area contributed by atoms with Gasteiger partial charge in [-0.1, -0.05) is 18.2 Å². The van der Waals surface area contributed by atoms with E-state index in [0.29, 0.717) is 0 Å². The molecule has 2 nitrogen and oxygen atoms in total. The van der Waals surface area contributed by atoms with Crippen LogP contribution in [0.2, 0.25) is 0 Å². The summed E-state index contributed by atoms with van der Waals surface area (Å²) in [5.74, 6) is -2.23. The van der Waals surface area contributed by atoms with Crippen molar-refractivity contribution >= 4 is 0 Å². The first-order valence-electron chi connectivity index (χ1n) is 3.25. The van der Waals surface area contributed by atoms with Gasteiger partial charge in [0, 0.05) is 6.42 Å². The molecule has 0 heterocycles. The molecule has 1 N–H and O–H groups in total. The summed E-state index contributed by atoms with van der Waals surface area (Å²) in [4.78, 5) is 0. The summed E-state index contributed by atoms with van der Waals surface area (Å²) in [6.45, 7) is 0. The second-order valence-electron chi connectivity index (χ2n) is 2.38. The third kappa shape index (κ3) is 2.67. The molecule has 1 unspecified atom stereocenters. The lowest BCUT2D eigenvalue weighted by atomic mass is 10.1. The fourth-order valence-electron chi connectivity index (χ4n) is 0.866. The summed E-state index contributed by atoms with van der Waals surface area (Å²) >= 11 is 0. The molecular formula is C7H7F3O2. The summed E-state index contributed by atoms with van der Waals surface area (Å²) in [5, 5.41) is 9.13. The Balaban J connectivity index is 2.62. The lowest BCUT2D eigenvalue weighted by Crippen LogP contribution is -2.36. The minimum absolute atomic E-state index is 0.191. The van der Waals surface area contributed by atoms with E-state index >= 15 is 0 Å². The molecular weight excluding hydrogens is 173 g/mol. The molecule has 0 aromatic carbocycles. The standard InChI is InChI=1S/C7H7F3O2/c8-7(9,10)12-6(11)4-2-1-3-5-6/h1-4,11H,5H2. The lowest BCUT2D eigenvalue weighted by Gasteiger charge is -2.25. The third-order valence-corrected chi connectivity index (χ3v) is 1.31. The van der Waals surface area contributed by atoms with Crippen molar-refractivity contribution in [3.63, 3.8) is 0 Å². The number of rotatable bonds is 1. The Morgan fingerprint density at radius 3 is 2.42 bits per heavy atom. The van der Waals surface area contributed by atoms with Gasteiger partial charge in [-0.15, -0.1) is 13.2 Å². The quantitative estimate of drug-likeness (QED) is 0.622. The Bertz CT molecular complexity index is 219. The highest BCUT2D eigenvalue weighted by Crippen LogP contribution is 2.28. The monoisotopic (exact) mass is 180 g/mol. The molecule has 1 aliphatic rings. The second-order valence-corrected chi connectivity index (χ2v) is 2.38.